The summed E-state index contributed by atoms with van der Waals surface area (Å²) in [5.74, 6) is 0.642. The molecule has 270 valence electrons. The summed E-state index contributed by atoms with van der Waals surface area (Å²) in [6.45, 7) is 9.17. The van der Waals surface area contributed by atoms with Crippen LogP contribution in [0.2, 0.25) is 0 Å². The summed E-state index contributed by atoms with van der Waals surface area (Å²) < 4.78 is 6.22. The molecule has 0 amide bonds. The van der Waals surface area contributed by atoms with Gasteiger partial charge in [-0.2, -0.15) is 0 Å². The van der Waals surface area contributed by atoms with E-state index in [2.05, 4.69) is 227 Å². The van der Waals surface area contributed by atoms with Crippen molar-refractivity contribution in [1.82, 2.24) is 0 Å². The summed E-state index contributed by atoms with van der Waals surface area (Å²) in [6.07, 6.45) is 0.939. The lowest BCUT2D eigenvalue weighted by molar-refractivity contribution is 0.835. The molecule has 0 aliphatic carbocycles. The minimum absolute atomic E-state index is 0.0431. The second kappa shape index (κ2) is 17.4. The average molecular weight is 741 g/mol. The molecule has 0 heterocycles. The fourth-order valence-electron chi connectivity index (χ4n) is 7.40. The maximum atomic E-state index is 6.22. The molecule has 0 aliphatic rings. The predicted octanol–water partition coefficient (Wildman–Crippen LogP) is 12.0. The Morgan fingerprint density at radius 1 is 0.481 bits per heavy atom. The zero-order chi connectivity index (χ0) is 37.3. The molecule has 1 N–H and O–H groups in total. The van der Waals surface area contributed by atoms with E-state index in [1.165, 1.54) is 43.2 Å². The van der Waals surface area contributed by atoms with Crippen LogP contribution in [-0.4, -0.2) is 6.16 Å². The normalized spacial score (nSPS) is 12.2. The van der Waals surface area contributed by atoms with E-state index >= 15 is 0 Å². The van der Waals surface area contributed by atoms with Crippen molar-refractivity contribution >= 4 is 52.9 Å². The molecule has 4 heteroatoms. The molecule has 2 nitrogen and oxygen atoms in total. The van der Waals surface area contributed by atoms with Crippen molar-refractivity contribution in [2.24, 2.45) is 4.74 Å². The number of hydrogen-bond donors (Lipinski definition) is 1. The Balaban J connectivity index is 1.49. The highest BCUT2D eigenvalue weighted by Crippen LogP contribution is 2.53. The molecular formula is C50H50N2P2. The van der Waals surface area contributed by atoms with Crippen LogP contribution in [0.15, 0.2) is 199 Å². The van der Waals surface area contributed by atoms with Crippen molar-refractivity contribution in [3.05, 3.63) is 211 Å². The summed E-state index contributed by atoms with van der Waals surface area (Å²) in [4.78, 5) is 0. The summed E-state index contributed by atoms with van der Waals surface area (Å²) in [5.41, 5.74) is 6.12. The molecule has 0 saturated heterocycles. The van der Waals surface area contributed by atoms with Crippen LogP contribution in [0.1, 0.15) is 62.3 Å². The zero-order valence-electron chi connectivity index (χ0n) is 31.8. The van der Waals surface area contributed by atoms with Gasteiger partial charge in [-0.05, 0) is 53.1 Å². The SMILES string of the molecule is CC(C)c1cccc(C(C)C)c1N=P(c1ccccc1)(c1ccccc1)c1ccccc1NC(CP(c1ccccc1)c1ccccc1)c1ccccc1. The van der Waals surface area contributed by atoms with Gasteiger partial charge in [-0.1, -0.05) is 216 Å². The van der Waals surface area contributed by atoms with E-state index in [9.17, 15) is 0 Å². The highest BCUT2D eigenvalue weighted by Gasteiger charge is 2.32. The van der Waals surface area contributed by atoms with E-state index in [0.717, 1.165) is 17.5 Å². The Morgan fingerprint density at radius 3 is 1.39 bits per heavy atom. The summed E-state index contributed by atoms with van der Waals surface area (Å²) in [6, 6.07) is 71.1. The van der Waals surface area contributed by atoms with Gasteiger partial charge in [0, 0.05) is 27.8 Å². The van der Waals surface area contributed by atoms with Crippen LogP contribution in [0.5, 0.6) is 0 Å². The third kappa shape index (κ3) is 8.07. The maximum Gasteiger partial charge on any atom is 0.0694 e. The first-order valence-corrected chi connectivity index (χ1v) is 22.4. The molecule has 0 radical (unpaired) electrons. The number of anilines is 1. The molecule has 1 atom stereocenters. The van der Waals surface area contributed by atoms with Crippen LogP contribution < -0.4 is 31.8 Å². The Bertz CT molecular complexity index is 2180. The molecule has 1 unspecified atom stereocenters. The highest BCUT2D eigenvalue weighted by atomic mass is 31.2. The topological polar surface area (TPSA) is 24.4 Å². The Morgan fingerprint density at radius 2 is 0.907 bits per heavy atom. The van der Waals surface area contributed by atoms with Gasteiger partial charge < -0.3 is 5.32 Å². The lowest BCUT2D eigenvalue weighted by Gasteiger charge is -2.33. The van der Waals surface area contributed by atoms with Crippen LogP contribution in [0.3, 0.4) is 0 Å². The van der Waals surface area contributed by atoms with Gasteiger partial charge in [0.05, 0.1) is 18.8 Å². The minimum atomic E-state index is -2.68. The minimum Gasteiger partial charge on any atom is -0.377 e. The molecule has 0 aliphatic heterocycles. The molecule has 0 fully saturated rings. The summed E-state index contributed by atoms with van der Waals surface area (Å²) in [7, 11) is -3.35. The molecule has 54 heavy (non-hydrogen) atoms. The Hall–Kier alpha value is -5.00. The van der Waals surface area contributed by atoms with E-state index < -0.39 is 15.0 Å². The first kappa shape index (κ1) is 37.3. The highest BCUT2D eigenvalue weighted by molar-refractivity contribution is 7.87. The van der Waals surface area contributed by atoms with Crippen molar-refractivity contribution in [3.8, 4) is 0 Å². The molecule has 0 saturated carbocycles. The van der Waals surface area contributed by atoms with Crippen molar-refractivity contribution < 1.29 is 0 Å². The van der Waals surface area contributed by atoms with Crippen molar-refractivity contribution in [2.75, 3.05) is 11.5 Å². The van der Waals surface area contributed by atoms with Gasteiger partial charge in [0.25, 0.3) is 0 Å². The molecule has 0 spiro atoms. The van der Waals surface area contributed by atoms with Crippen molar-refractivity contribution in [3.63, 3.8) is 0 Å². The molecule has 7 rings (SSSR count). The lowest BCUT2D eigenvalue weighted by atomic mass is 9.93. The van der Waals surface area contributed by atoms with E-state index in [1.54, 1.807) is 0 Å². The largest absolute Gasteiger partial charge is 0.377 e. The maximum absolute atomic E-state index is 6.22. The number of nitrogens with zero attached hydrogens (tertiary/aromatic N) is 1. The smallest absolute Gasteiger partial charge is 0.0694 e. The molecule has 0 bridgehead atoms. The predicted molar refractivity (Wildman–Crippen MR) is 239 cm³/mol. The van der Waals surface area contributed by atoms with Gasteiger partial charge in [0.2, 0.25) is 0 Å². The summed E-state index contributed by atoms with van der Waals surface area (Å²) >= 11 is 0. The van der Waals surface area contributed by atoms with Gasteiger partial charge in [-0.3, -0.25) is 4.74 Å². The van der Waals surface area contributed by atoms with Gasteiger partial charge in [0.15, 0.2) is 0 Å². The van der Waals surface area contributed by atoms with Gasteiger partial charge >= 0.3 is 0 Å². The fraction of sp³-hybridized carbons (Fsp3) is 0.160. The average Bonchev–Trinajstić information content (AvgIpc) is 3.23. The van der Waals surface area contributed by atoms with Crippen LogP contribution >= 0.6 is 15.0 Å². The van der Waals surface area contributed by atoms with E-state index in [-0.39, 0.29) is 6.04 Å². The number of hydrogen-bond acceptors (Lipinski definition) is 2. The zero-order valence-corrected chi connectivity index (χ0v) is 33.5. The van der Waals surface area contributed by atoms with Crippen molar-refractivity contribution in [1.29, 1.82) is 0 Å². The number of nitrogens with one attached hydrogen (secondary N) is 1. The van der Waals surface area contributed by atoms with Gasteiger partial charge in [0.1, 0.15) is 0 Å². The third-order valence-corrected chi connectivity index (χ3v) is 16.4. The van der Waals surface area contributed by atoms with E-state index in [4.69, 9.17) is 4.74 Å². The number of benzene rings is 7. The van der Waals surface area contributed by atoms with E-state index in [1.807, 2.05) is 0 Å². The molecule has 7 aromatic rings. The monoisotopic (exact) mass is 740 g/mol. The second-order valence-electron chi connectivity index (χ2n) is 14.4. The lowest BCUT2D eigenvalue weighted by Crippen LogP contribution is -2.29. The standard InChI is InChI=1S/C50H50N2P2/c1-38(2)45-33-22-34-46(39(3)4)50(45)52-54(43-29-16-8-17-30-43,44-31-18-9-19-32-44)49-36-21-20-35-47(49)51-48(40-23-10-5-11-24-40)37-53(41-25-12-6-13-26-41)42-27-14-7-15-28-42/h5-36,38-39,48,51H,37H2,1-4H3. The fourth-order valence-corrected chi connectivity index (χ4v) is 13.6. The van der Waals surface area contributed by atoms with Crippen LogP contribution in [0, 0.1) is 0 Å². The van der Waals surface area contributed by atoms with Crippen molar-refractivity contribution in [2.45, 2.75) is 45.6 Å². The first-order valence-electron chi connectivity index (χ1n) is 19.1. The molecular weight excluding hydrogens is 691 g/mol. The van der Waals surface area contributed by atoms with Crippen LogP contribution in [0.25, 0.3) is 0 Å². The number of rotatable bonds is 13. The first-order chi connectivity index (χ1) is 26.5. The van der Waals surface area contributed by atoms with E-state index in [0.29, 0.717) is 11.8 Å². The van der Waals surface area contributed by atoms with Crippen LogP contribution in [0.4, 0.5) is 11.4 Å². The molecule has 7 aromatic carbocycles. The summed E-state index contributed by atoms with van der Waals surface area (Å²) in [5, 5.41) is 10.7. The Labute approximate surface area is 324 Å². The second-order valence-corrected chi connectivity index (χ2v) is 19.6. The van der Waals surface area contributed by atoms with Gasteiger partial charge in [-0.15, -0.1) is 0 Å². The van der Waals surface area contributed by atoms with Crippen LogP contribution in [-0.2, 0) is 0 Å². The molecule has 0 aromatic heterocycles. The third-order valence-electron chi connectivity index (χ3n) is 10.1. The Kier molecular flexibility index (Phi) is 12.0. The van der Waals surface area contributed by atoms with Gasteiger partial charge in [-0.25, -0.2) is 0 Å². The number of para-hydroxylation sites is 1. The quantitative estimate of drug-likeness (QED) is 0.117.